The van der Waals surface area contributed by atoms with E-state index in [0.29, 0.717) is 5.92 Å². The molecule has 1 rings (SSSR count). The van der Waals surface area contributed by atoms with E-state index in [1.54, 1.807) is 11.8 Å². The zero-order valence-corrected chi connectivity index (χ0v) is 10.3. The van der Waals surface area contributed by atoms with Gasteiger partial charge in [-0.3, -0.25) is 0 Å². The Morgan fingerprint density at radius 1 is 1.20 bits per heavy atom. The van der Waals surface area contributed by atoms with Crippen LogP contribution in [-0.2, 0) is 0 Å². The van der Waals surface area contributed by atoms with E-state index in [1.807, 2.05) is 6.92 Å². The standard InChI is InChI=1S/C13H17NS/c1-10(2)12-4-6-13(7-5-12)15-9-11(3)8-14/h4-7,10-11H,9H2,1-3H3. The van der Waals surface area contributed by atoms with E-state index in [0.717, 1.165) is 5.75 Å². The number of hydrogen-bond donors (Lipinski definition) is 0. The van der Waals surface area contributed by atoms with Crippen molar-refractivity contribution in [3.05, 3.63) is 29.8 Å². The first-order chi connectivity index (χ1) is 7.13. The fourth-order valence-electron chi connectivity index (χ4n) is 1.21. The van der Waals surface area contributed by atoms with Crippen molar-refractivity contribution in [1.29, 1.82) is 5.26 Å². The summed E-state index contributed by atoms with van der Waals surface area (Å²) in [6.45, 7) is 6.34. The maximum atomic E-state index is 8.67. The van der Waals surface area contributed by atoms with Crippen molar-refractivity contribution in [3.8, 4) is 6.07 Å². The van der Waals surface area contributed by atoms with Crippen LogP contribution in [0.1, 0.15) is 32.3 Å². The minimum atomic E-state index is 0.125. The highest BCUT2D eigenvalue weighted by Gasteiger charge is 2.02. The fraction of sp³-hybridized carbons (Fsp3) is 0.462. The van der Waals surface area contributed by atoms with Crippen LogP contribution >= 0.6 is 11.8 Å². The molecule has 80 valence electrons. The molecule has 0 bridgehead atoms. The summed E-state index contributed by atoms with van der Waals surface area (Å²) in [6.07, 6.45) is 0. The molecule has 0 fully saturated rings. The van der Waals surface area contributed by atoms with Gasteiger partial charge < -0.3 is 0 Å². The second kappa shape index (κ2) is 5.82. The van der Waals surface area contributed by atoms with E-state index in [1.165, 1.54) is 10.5 Å². The second-order valence-corrected chi connectivity index (χ2v) is 5.16. The minimum absolute atomic E-state index is 0.125. The van der Waals surface area contributed by atoms with Crippen LogP contribution in [0.15, 0.2) is 29.2 Å². The molecule has 0 N–H and O–H groups in total. The molecule has 1 nitrogen and oxygen atoms in total. The number of rotatable bonds is 4. The molecule has 0 radical (unpaired) electrons. The molecule has 0 aliphatic carbocycles. The maximum absolute atomic E-state index is 8.67. The van der Waals surface area contributed by atoms with Gasteiger partial charge in [0.2, 0.25) is 0 Å². The molecule has 15 heavy (non-hydrogen) atoms. The molecule has 0 heterocycles. The lowest BCUT2D eigenvalue weighted by Gasteiger charge is -2.07. The number of hydrogen-bond acceptors (Lipinski definition) is 2. The largest absolute Gasteiger partial charge is 0.198 e. The highest BCUT2D eigenvalue weighted by Crippen LogP contribution is 2.23. The molecule has 1 unspecified atom stereocenters. The van der Waals surface area contributed by atoms with Crippen LogP contribution in [0.3, 0.4) is 0 Å². The lowest BCUT2D eigenvalue weighted by Crippen LogP contribution is -1.93. The fourth-order valence-corrected chi connectivity index (χ4v) is 2.05. The van der Waals surface area contributed by atoms with Gasteiger partial charge in [0.1, 0.15) is 0 Å². The lowest BCUT2D eigenvalue weighted by atomic mass is 10.0. The molecular formula is C13H17NS. The van der Waals surface area contributed by atoms with Crippen molar-refractivity contribution in [2.24, 2.45) is 5.92 Å². The van der Waals surface area contributed by atoms with Gasteiger partial charge in [-0.1, -0.05) is 26.0 Å². The first-order valence-electron chi connectivity index (χ1n) is 5.26. The third-order valence-corrected chi connectivity index (χ3v) is 3.54. The SMILES string of the molecule is CC(C#N)CSc1ccc(C(C)C)cc1. The van der Waals surface area contributed by atoms with Gasteiger partial charge in [0, 0.05) is 10.6 Å². The molecule has 0 amide bonds. The summed E-state index contributed by atoms with van der Waals surface area (Å²) in [5, 5.41) is 8.67. The van der Waals surface area contributed by atoms with Gasteiger partial charge in [-0.15, -0.1) is 11.8 Å². The number of nitriles is 1. The molecule has 0 saturated carbocycles. The van der Waals surface area contributed by atoms with Crippen LogP contribution in [0.5, 0.6) is 0 Å². The van der Waals surface area contributed by atoms with E-state index in [9.17, 15) is 0 Å². The molecule has 0 spiro atoms. The van der Waals surface area contributed by atoms with Crippen molar-refractivity contribution in [3.63, 3.8) is 0 Å². The Bertz CT molecular complexity index is 335. The number of benzene rings is 1. The smallest absolute Gasteiger partial charge is 0.0661 e. The topological polar surface area (TPSA) is 23.8 Å². The summed E-state index contributed by atoms with van der Waals surface area (Å²) < 4.78 is 0. The van der Waals surface area contributed by atoms with Gasteiger partial charge in [0.15, 0.2) is 0 Å². The third kappa shape index (κ3) is 3.97. The molecule has 1 aromatic rings. The minimum Gasteiger partial charge on any atom is -0.198 e. The normalized spacial score (nSPS) is 12.5. The van der Waals surface area contributed by atoms with Crippen LogP contribution in [0.4, 0.5) is 0 Å². The van der Waals surface area contributed by atoms with Crippen LogP contribution in [0.2, 0.25) is 0 Å². The van der Waals surface area contributed by atoms with Crippen molar-refractivity contribution < 1.29 is 0 Å². The highest BCUT2D eigenvalue weighted by molar-refractivity contribution is 7.99. The van der Waals surface area contributed by atoms with E-state index < -0.39 is 0 Å². The average molecular weight is 219 g/mol. The zero-order valence-electron chi connectivity index (χ0n) is 9.53. The highest BCUT2D eigenvalue weighted by atomic mass is 32.2. The summed E-state index contributed by atoms with van der Waals surface area (Å²) in [6, 6.07) is 10.9. The summed E-state index contributed by atoms with van der Waals surface area (Å²) in [5.74, 6) is 1.58. The Balaban J connectivity index is 2.54. The molecule has 0 saturated heterocycles. The van der Waals surface area contributed by atoms with Crippen molar-refractivity contribution in [1.82, 2.24) is 0 Å². The van der Waals surface area contributed by atoms with Crippen molar-refractivity contribution in [2.45, 2.75) is 31.6 Å². The van der Waals surface area contributed by atoms with Gasteiger partial charge in [-0.2, -0.15) is 5.26 Å². The predicted octanol–water partition coefficient (Wildman–Crippen LogP) is 4.06. The quantitative estimate of drug-likeness (QED) is 0.713. The van der Waals surface area contributed by atoms with Crippen LogP contribution in [0, 0.1) is 17.2 Å². The van der Waals surface area contributed by atoms with Gasteiger partial charge in [0.05, 0.1) is 12.0 Å². The molecule has 0 aliphatic rings. The predicted molar refractivity (Wildman–Crippen MR) is 66.0 cm³/mol. The molecule has 0 aromatic heterocycles. The summed E-state index contributed by atoms with van der Waals surface area (Å²) >= 11 is 1.75. The second-order valence-electron chi connectivity index (χ2n) is 4.06. The van der Waals surface area contributed by atoms with Gasteiger partial charge in [-0.25, -0.2) is 0 Å². The van der Waals surface area contributed by atoms with Crippen LogP contribution < -0.4 is 0 Å². The Morgan fingerprint density at radius 3 is 2.27 bits per heavy atom. The van der Waals surface area contributed by atoms with E-state index >= 15 is 0 Å². The summed E-state index contributed by atoms with van der Waals surface area (Å²) in [4.78, 5) is 1.25. The zero-order chi connectivity index (χ0) is 11.3. The van der Waals surface area contributed by atoms with Gasteiger partial charge >= 0.3 is 0 Å². The monoisotopic (exact) mass is 219 g/mol. The number of thioether (sulfide) groups is 1. The molecule has 1 aromatic carbocycles. The average Bonchev–Trinajstić information content (AvgIpc) is 2.26. The van der Waals surface area contributed by atoms with E-state index in [2.05, 4.69) is 44.2 Å². The number of nitrogens with zero attached hydrogens (tertiary/aromatic N) is 1. The van der Waals surface area contributed by atoms with E-state index in [4.69, 9.17) is 5.26 Å². The Labute approximate surface area is 96.5 Å². The van der Waals surface area contributed by atoms with Gasteiger partial charge in [0.25, 0.3) is 0 Å². The van der Waals surface area contributed by atoms with Crippen LogP contribution in [-0.4, -0.2) is 5.75 Å². The maximum Gasteiger partial charge on any atom is 0.0661 e. The lowest BCUT2D eigenvalue weighted by molar-refractivity contribution is 0.860. The Morgan fingerprint density at radius 2 is 1.80 bits per heavy atom. The summed E-state index contributed by atoms with van der Waals surface area (Å²) in [7, 11) is 0. The van der Waals surface area contributed by atoms with Gasteiger partial charge in [-0.05, 0) is 30.5 Å². The molecular weight excluding hydrogens is 202 g/mol. The molecule has 2 heteroatoms. The Hall–Kier alpha value is -0.940. The van der Waals surface area contributed by atoms with Crippen LogP contribution in [0.25, 0.3) is 0 Å². The third-order valence-electron chi connectivity index (χ3n) is 2.27. The Kier molecular flexibility index (Phi) is 4.71. The van der Waals surface area contributed by atoms with E-state index in [-0.39, 0.29) is 5.92 Å². The first kappa shape index (κ1) is 12.1. The van der Waals surface area contributed by atoms with Crippen molar-refractivity contribution >= 4 is 11.8 Å². The van der Waals surface area contributed by atoms with Crippen molar-refractivity contribution in [2.75, 3.05) is 5.75 Å². The molecule has 0 aliphatic heterocycles. The summed E-state index contributed by atoms with van der Waals surface area (Å²) in [5.41, 5.74) is 1.37. The first-order valence-corrected chi connectivity index (χ1v) is 6.24. The molecule has 1 atom stereocenters.